The number of β-amino-alcohol motifs (C(OH)–C–C–N with tert-alkyl or cyclic N) is 1. The molecule has 248 valence electrons. The summed E-state index contributed by atoms with van der Waals surface area (Å²) in [5.41, 5.74) is -0.142. The molecule has 0 aromatic heterocycles. The number of halogens is 1. The molecule has 0 spiro atoms. The molecule has 1 aliphatic rings. The lowest BCUT2D eigenvalue weighted by Crippen LogP contribution is -2.54. The largest absolute Gasteiger partial charge is 0.484 e. The van der Waals surface area contributed by atoms with Crippen molar-refractivity contribution >= 4 is 40.7 Å². The van der Waals surface area contributed by atoms with Crippen LogP contribution < -0.4 is 24.8 Å². The Morgan fingerprint density at radius 2 is 1.62 bits per heavy atom. The van der Waals surface area contributed by atoms with Crippen molar-refractivity contribution in [3.63, 3.8) is 0 Å². The summed E-state index contributed by atoms with van der Waals surface area (Å²) < 4.78 is 16.4. The highest BCUT2D eigenvalue weighted by molar-refractivity contribution is 8.93. The molecule has 12 heteroatoms. The van der Waals surface area contributed by atoms with Crippen LogP contribution in [-0.4, -0.2) is 71.6 Å². The van der Waals surface area contributed by atoms with Gasteiger partial charge in [-0.2, -0.15) is 0 Å². The van der Waals surface area contributed by atoms with Crippen LogP contribution in [0.4, 0.5) is 0 Å². The van der Waals surface area contributed by atoms with Crippen LogP contribution in [0.2, 0.25) is 0 Å². The van der Waals surface area contributed by atoms with Crippen molar-refractivity contribution in [2.45, 2.75) is 83.9 Å². The van der Waals surface area contributed by atoms with Gasteiger partial charge in [0, 0.05) is 38.0 Å². The van der Waals surface area contributed by atoms with E-state index in [1.54, 1.807) is 23.1 Å². The Bertz CT molecular complexity index is 1270. The molecule has 0 bridgehead atoms. The predicted octanol–water partition coefficient (Wildman–Crippen LogP) is 4.26. The molecule has 1 heterocycles. The first kappa shape index (κ1) is 37.7. The van der Waals surface area contributed by atoms with Crippen LogP contribution in [-0.2, 0) is 19.2 Å². The molecule has 45 heavy (non-hydrogen) atoms. The second kappa shape index (κ2) is 18.5. The van der Waals surface area contributed by atoms with Crippen molar-refractivity contribution in [3.05, 3.63) is 54.1 Å². The van der Waals surface area contributed by atoms with E-state index in [1.165, 1.54) is 12.1 Å². The van der Waals surface area contributed by atoms with Crippen molar-refractivity contribution in [2.24, 2.45) is 0 Å². The molecule has 1 saturated heterocycles. The maximum atomic E-state index is 13.1. The highest BCUT2D eigenvalue weighted by Crippen LogP contribution is 2.32. The molecule has 0 radical (unpaired) electrons. The average molecular weight is 693 g/mol. The number of rotatable bonds is 16. The maximum absolute atomic E-state index is 13.1. The molecule has 3 rings (SSSR count). The summed E-state index contributed by atoms with van der Waals surface area (Å²) >= 11 is 0. The van der Waals surface area contributed by atoms with Gasteiger partial charge in [0.1, 0.15) is 11.8 Å². The summed E-state index contributed by atoms with van der Waals surface area (Å²) in [6, 6.07) is 13.1. The number of aliphatic hydroxyl groups excluding tert-OH is 1. The normalized spacial score (nSPS) is 15.0. The van der Waals surface area contributed by atoms with Gasteiger partial charge in [-0.15, -0.1) is 17.0 Å². The zero-order chi connectivity index (χ0) is 32.1. The summed E-state index contributed by atoms with van der Waals surface area (Å²) in [5.74, 6) is -0.601. The minimum absolute atomic E-state index is 0. The first-order valence-corrected chi connectivity index (χ1v) is 15.3. The Morgan fingerprint density at radius 1 is 0.978 bits per heavy atom. The number of ether oxygens (including phenoxy) is 3. The van der Waals surface area contributed by atoms with E-state index in [2.05, 4.69) is 10.6 Å². The number of hydrogen-bond donors (Lipinski definition) is 3. The van der Waals surface area contributed by atoms with Crippen molar-refractivity contribution in [2.75, 3.05) is 26.2 Å². The quantitative estimate of drug-likeness (QED) is 0.174. The fourth-order valence-corrected chi connectivity index (χ4v) is 4.71. The second-order valence-electron chi connectivity index (χ2n) is 11.5. The van der Waals surface area contributed by atoms with Gasteiger partial charge in [-0.3, -0.25) is 19.2 Å². The third kappa shape index (κ3) is 12.1. The molecular weight excluding hydrogens is 646 g/mol. The van der Waals surface area contributed by atoms with Gasteiger partial charge in [-0.05, 0) is 69.4 Å². The second-order valence-corrected chi connectivity index (χ2v) is 11.5. The fraction of sp³-hybridized carbons (Fsp3) is 0.515. The van der Waals surface area contributed by atoms with Crippen molar-refractivity contribution < 1.29 is 38.5 Å². The molecule has 2 amide bonds. The van der Waals surface area contributed by atoms with E-state index < -0.39 is 29.6 Å². The van der Waals surface area contributed by atoms with E-state index in [9.17, 15) is 24.3 Å². The number of aliphatic hydroxyl groups is 1. The van der Waals surface area contributed by atoms with E-state index in [4.69, 9.17) is 14.2 Å². The molecule has 3 N–H and O–H groups in total. The number of carbonyl (C=O) groups excluding carboxylic acids is 4. The fourth-order valence-electron chi connectivity index (χ4n) is 4.71. The molecule has 2 atom stereocenters. The molecule has 2 unspecified atom stereocenters. The molecule has 11 nitrogen and oxygen atoms in total. The van der Waals surface area contributed by atoms with Crippen LogP contribution in [0.3, 0.4) is 0 Å². The van der Waals surface area contributed by atoms with Gasteiger partial charge < -0.3 is 34.9 Å². The van der Waals surface area contributed by atoms with Crippen LogP contribution in [0.5, 0.6) is 17.2 Å². The van der Waals surface area contributed by atoms with Crippen molar-refractivity contribution in [1.29, 1.82) is 0 Å². The number of amides is 2. The highest BCUT2D eigenvalue weighted by Gasteiger charge is 2.35. The Kier molecular flexibility index (Phi) is 15.5. The number of esters is 2. The van der Waals surface area contributed by atoms with Gasteiger partial charge in [0.25, 0.3) is 5.91 Å². The van der Waals surface area contributed by atoms with Gasteiger partial charge in [0.15, 0.2) is 18.1 Å². The third-order valence-electron chi connectivity index (χ3n) is 7.17. The highest BCUT2D eigenvalue weighted by atomic mass is 79.9. The first-order chi connectivity index (χ1) is 21.0. The summed E-state index contributed by atoms with van der Waals surface area (Å²) in [4.78, 5) is 51.7. The van der Waals surface area contributed by atoms with E-state index in [-0.39, 0.29) is 72.8 Å². The minimum Gasteiger partial charge on any atom is -0.484 e. The molecule has 2 aromatic rings. The predicted molar refractivity (Wildman–Crippen MR) is 175 cm³/mol. The van der Waals surface area contributed by atoms with Crippen LogP contribution in [0.25, 0.3) is 0 Å². The molecule has 0 saturated carbocycles. The molecule has 1 fully saturated rings. The van der Waals surface area contributed by atoms with Gasteiger partial charge >= 0.3 is 11.9 Å². The van der Waals surface area contributed by atoms with Gasteiger partial charge in [0.05, 0.1) is 6.10 Å². The van der Waals surface area contributed by atoms with Crippen LogP contribution in [0, 0.1) is 0 Å². The first-order valence-electron chi connectivity index (χ1n) is 15.3. The monoisotopic (exact) mass is 691 g/mol. The zero-order valence-corrected chi connectivity index (χ0v) is 28.2. The lowest BCUT2D eigenvalue weighted by Gasteiger charge is -2.30. The number of benzene rings is 2. The summed E-state index contributed by atoms with van der Waals surface area (Å²) in [6.07, 6.45) is 1.95. The Morgan fingerprint density at radius 3 is 2.27 bits per heavy atom. The SMILES string of the molecule is Br.CCCC(=O)Oc1ccc(C(O)CNC(C)(C)CNC(=O)C2CCCN2C(=O)COc2ccccc2)cc1OC(=O)CCC. The van der Waals surface area contributed by atoms with E-state index >= 15 is 0 Å². The van der Waals surface area contributed by atoms with Crippen LogP contribution in [0.15, 0.2) is 48.5 Å². The number of hydrogen-bond acceptors (Lipinski definition) is 9. The minimum atomic E-state index is -0.985. The van der Waals surface area contributed by atoms with Crippen LogP contribution in [0.1, 0.15) is 77.9 Å². The van der Waals surface area contributed by atoms with E-state index in [1.807, 2.05) is 45.9 Å². The molecule has 1 aliphatic heterocycles. The smallest absolute Gasteiger partial charge is 0.311 e. The standard InChI is InChI=1S/C33H45N3O8.BrH/c1-5-11-30(39)43-27-17-16-23(19-28(27)44-31(40)12-6-2)26(37)20-35-33(3,4)22-34-32(41)25-15-10-18-36(25)29(38)21-42-24-13-8-7-9-14-24;/h7-9,13-14,16-17,19,25-26,35,37H,5-6,10-12,15,18,20-22H2,1-4H3,(H,34,41);1H. The molecule has 0 aliphatic carbocycles. The third-order valence-corrected chi connectivity index (χ3v) is 7.17. The van der Waals surface area contributed by atoms with E-state index in [0.717, 1.165) is 6.42 Å². The van der Waals surface area contributed by atoms with E-state index in [0.29, 0.717) is 37.1 Å². The van der Waals surface area contributed by atoms with Crippen LogP contribution >= 0.6 is 17.0 Å². The van der Waals surface area contributed by atoms with Gasteiger partial charge in [0.2, 0.25) is 5.91 Å². The van der Waals surface area contributed by atoms with Crippen molar-refractivity contribution in [3.8, 4) is 17.2 Å². The summed E-state index contributed by atoms with van der Waals surface area (Å²) in [6.45, 7) is 8.23. The number of likely N-dealkylation sites (tertiary alicyclic amines) is 1. The lowest BCUT2D eigenvalue weighted by atomic mass is 10.0. The molecular formula is C33H46BrN3O8. The number of para-hydroxylation sites is 1. The molecule has 2 aromatic carbocycles. The number of carbonyl (C=O) groups is 4. The van der Waals surface area contributed by atoms with Crippen molar-refractivity contribution in [1.82, 2.24) is 15.5 Å². The summed E-state index contributed by atoms with van der Waals surface area (Å²) in [5, 5.41) is 17.1. The Labute approximate surface area is 275 Å². The lowest BCUT2D eigenvalue weighted by molar-refractivity contribution is -0.140. The maximum Gasteiger partial charge on any atom is 0.311 e. The zero-order valence-electron chi connectivity index (χ0n) is 26.5. The number of nitrogens with zero attached hydrogens (tertiary/aromatic N) is 1. The van der Waals surface area contributed by atoms with Gasteiger partial charge in [-0.1, -0.05) is 38.1 Å². The Balaban J connectivity index is 0.00000705. The summed E-state index contributed by atoms with van der Waals surface area (Å²) in [7, 11) is 0. The average Bonchev–Trinajstić information content (AvgIpc) is 3.50. The topological polar surface area (TPSA) is 144 Å². The number of nitrogens with one attached hydrogen (secondary N) is 2. The Hall–Kier alpha value is -3.48. The van der Waals surface area contributed by atoms with Gasteiger partial charge in [-0.25, -0.2) is 0 Å².